The topological polar surface area (TPSA) is 41.1 Å². The van der Waals surface area contributed by atoms with Gasteiger partial charge in [0.15, 0.2) is 0 Å². The minimum atomic E-state index is 0.0820. The summed E-state index contributed by atoms with van der Waals surface area (Å²) >= 11 is 0. The van der Waals surface area contributed by atoms with Crippen molar-refractivity contribution in [3.8, 4) is 0 Å². The lowest BCUT2D eigenvalue weighted by Gasteiger charge is -2.28. The smallest absolute Gasteiger partial charge is 0.223 e. The van der Waals surface area contributed by atoms with E-state index in [0.717, 1.165) is 25.8 Å². The van der Waals surface area contributed by atoms with Crippen LogP contribution in [0.5, 0.6) is 0 Å². The number of hydrogen-bond donors (Lipinski definition) is 2. The molecular formula is C17H26N2O. The molecule has 110 valence electrons. The predicted molar refractivity (Wildman–Crippen MR) is 82.6 cm³/mol. The minimum absolute atomic E-state index is 0.0820. The second-order valence-corrected chi connectivity index (χ2v) is 5.90. The number of benzene rings is 1. The van der Waals surface area contributed by atoms with Crippen LogP contribution in [0.3, 0.4) is 0 Å². The molecule has 3 heteroatoms. The van der Waals surface area contributed by atoms with Gasteiger partial charge < -0.3 is 10.6 Å². The van der Waals surface area contributed by atoms with Crippen LogP contribution in [0.2, 0.25) is 0 Å². The summed E-state index contributed by atoms with van der Waals surface area (Å²) in [4.78, 5) is 12.3. The Labute approximate surface area is 122 Å². The molecule has 1 aliphatic rings. The van der Waals surface area contributed by atoms with Gasteiger partial charge in [-0.2, -0.15) is 0 Å². The van der Waals surface area contributed by atoms with E-state index in [-0.39, 0.29) is 17.9 Å². The third-order valence-corrected chi connectivity index (χ3v) is 4.24. The summed E-state index contributed by atoms with van der Waals surface area (Å²) in [6, 6.07) is 9.05. The molecule has 20 heavy (non-hydrogen) atoms. The summed E-state index contributed by atoms with van der Waals surface area (Å²) in [5.41, 5.74) is 2.51. The van der Waals surface area contributed by atoms with Gasteiger partial charge in [0.05, 0.1) is 6.04 Å². The zero-order chi connectivity index (χ0) is 14.5. The van der Waals surface area contributed by atoms with E-state index >= 15 is 0 Å². The maximum absolute atomic E-state index is 12.3. The number of amides is 1. The summed E-state index contributed by atoms with van der Waals surface area (Å²) in [5.74, 6) is 0.356. The van der Waals surface area contributed by atoms with Gasteiger partial charge in [-0.15, -0.1) is 0 Å². The first kappa shape index (κ1) is 15.0. The lowest BCUT2D eigenvalue weighted by Crippen LogP contribution is -2.42. The van der Waals surface area contributed by atoms with Crippen molar-refractivity contribution in [3.63, 3.8) is 0 Å². The molecule has 0 bridgehead atoms. The summed E-state index contributed by atoms with van der Waals surface area (Å²) < 4.78 is 0. The molecule has 1 heterocycles. The Balaban J connectivity index is 1.92. The molecule has 0 aliphatic carbocycles. The van der Waals surface area contributed by atoms with Gasteiger partial charge in [-0.05, 0) is 50.8 Å². The van der Waals surface area contributed by atoms with E-state index in [4.69, 9.17) is 0 Å². The van der Waals surface area contributed by atoms with Crippen molar-refractivity contribution in [1.82, 2.24) is 10.6 Å². The van der Waals surface area contributed by atoms with Gasteiger partial charge in [0.25, 0.3) is 0 Å². The minimum Gasteiger partial charge on any atom is -0.349 e. The Hall–Kier alpha value is -1.35. The number of carbonyl (C=O) groups is 1. The predicted octanol–water partition coefficient (Wildman–Crippen LogP) is 2.81. The molecule has 0 radical (unpaired) electrons. The molecule has 0 spiro atoms. The fraction of sp³-hybridized carbons (Fsp3) is 0.588. The first-order chi connectivity index (χ1) is 9.60. The highest BCUT2D eigenvalue weighted by Crippen LogP contribution is 2.19. The highest BCUT2D eigenvalue weighted by atomic mass is 16.1. The van der Waals surface area contributed by atoms with Crippen LogP contribution in [0.15, 0.2) is 24.3 Å². The van der Waals surface area contributed by atoms with Crippen molar-refractivity contribution in [2.24, 2.45) is 5.92 Å². The number of carbonyl (C=O) groups excluding carboxylic acids is 1. The van der Waals surface area contributed by atoms with Gasteiger partial charge >= 0.3 is 0 Å². The molecule has 1 aliphatic heterocycles. The fourth-order valence-electron chi connectivity index (χ4n) is 2.83. The van der Waals surface area contributed by atoms with Crippen LogP contribution in [0.4, 0.5) is 0 Å². The molecule has 1 saturated heterocycles. The number of hydrogen-bond acceptors (Lipinski definition) is 2. The standard InChI is InChI=1S/C17H26N2O/c1-4-14-5-7-15(8-6-14)13(3)19-17(20)16-9-10-18-12(2)11-16/h5-8,12-13,16,18H,4,9-11H2,1-3H3,(H,19,20)/t12-,13?,16-/m0/s1. The molecular weight excluding hydrogens is 248 g/mol. The van der Waals surface area contributed by atoms with Crippen LogP contribution in [-0.4, -0.2) is 18.5 Å². The van der Waals surface area contributed by atoms with E-state index in [1.165, 1.54) is 11.1 Å². The summed E-state index contributed by atoms with van der Waals surface area (Å²) in [5, 5.41) is 6.54. The van der Waals surface area contributed by atoms with Crippen LogP contribution in [0.1, 0.15) is 50.8 Å². The SMILES string of the molecule is CCc1ccc(C(C)NC(=O)[C@H]2CCN[C@@H](C)C2)cc1. The number of aryl methyl sites for hydroxylation is 1. The molecule has 1 aromatic rings. The molecule has 0 aromatic heterocycles. The van der Waals surface area contributed by atoms with Crippen molar-refractivity contribution in [1.29, 1.82) is 0 Å². The normalized spacial score (nSPS) is 24.1. The van der Waals surface area contributed by atoms with Crippen LogP contribution < -0.4 is 10.6 Å². The first-order valence-corrected chi connectivity index (χ1v) is 7.72. The summed E-state index contributed by atoms with van der Waals surface area (Å²) in [7, 11) is 0. The van der Waals surface area contributed by atoms with Crippen LogP contribution in [-0.2, 0) is 11.2 Å². The monoisotopic (exact) mass is 274 g/mol. The average molecular weight is 274 g/mol. The molecule has 3 nitrogen and oxygen atoms in total. The summed E-state index contributed by atoms with van der Waals surface area (Å²) in [6.45, 7) is 7.30. The van der Waals surface area contributed by atoms with E-state index in [2.05, 4.69) is 55.7 Å². The summed E-state index contributed by atoms with van der Waals surface area (Å²) in [6.07, 6.45) is 2.93. The molecule has 2 N–H and O–H groups in total. The lowest BCUT2D eigenvalue weighted by atomic mass is 9.92. The van der Waals surface area contributed by atoms with Gasteiger partial charge in [0, 0.05) is 12.0 Å². The maximum Gasteiger partial charge on any atom is 0.223 e. The second-order valence-electron chi connectivity index (χ2n) is 5.90. The Morgan fingerprint density at radius 2 is 2.10 bits per heavy atom. The maximum atomic E-state index is 12.3. The molecule has 3 atom stereocenters. The zero-order valence-corrected chi connectivity index (χ0v) is 12.8. The highest BCUT2D eigenvalue weighted by molar-refractivity contribution is 5.79. The van der Waals surface area contributed by atoms with E-state index in [0.29, 0.717) is 6.04 Å². The van der Waals surface area contributed by atoms with E-state index < -0.39 is 0 Å². The van der Waals surface area contributed by atoms with Crippen LogP contribution in [0.25, 0.3) is 0 Å². The van der Waals surface area contributed by atoms with Gasteiger partial charge in [0.1, 0.15) is 0 Å². The second kappa shape index (κ2) is 6.89. The van der Waals surface area contributed by atoms with Crippen molar-refractivity contribution < 1.29 is 4.79 Å². The molecule has 1 aromatic carbocycles. The van der Waals surface area contributed by atoms with Gasteiger partial charge in [-0.3, -0.25) is 4.79 Å². The van der Waals surface area contributed by atoms with E-state index in [1.807, 2.05) is 0 Å². The van der Waals surface area contributed by atoms with E-state index in [1.54, 1.807) is 0 Å². The van der Waals surface area contributed by atoms with Gasteiger partial charge in [-0.1, -0.05) is 31.2 Å². The van der Waals surface area contributed by atoms with Crippen LogP contribution >= 0.6 is 0 Å². The first-order valence-electron chi connectivity index (χ1n) is 7.72. The Morgan fingerprint density at radius 3 is 2.70 bits per heavy atom. The van der Waals surface area contributed by atoms with Crippen molar-refractivity contribution in [2.75, 3.05) is 6.54 Å². The molecule has 1 fully saturated rings. The lowest BCUT2D eigenvalue weighted by molar-refractivity contribution is -0.126. The fourth-order valence-corrected chi connectivity index (χ4v) is 2.83. The van der Waals surface area contributed by atoms with Crippen molar-refractivity contribution in [2.45, 2.75) is 52.1 Å². The Kier molecular flexibility index (Phi) is 5.18. The van der Waals surface area contributed by atoms with Crippen LogP contribution in [0, 0.1) is 5.92 Å². The van der Waals surface area contributed by atoms with Gasteiger partial charge in [0.2, 0.25) is 5.91 Å². The molecule has 2 rings (SSSR count). The molecule has 0 saturated carbocycles. The third kappa shape index (κ3) is 3.83. The Morgan fingerprint density at radius 1 is 1.40 bits per heavy atom. The molecule has 1 amide bonds. The van der Waals surface area contributed by atoms with Crippen molar-refractivity contribution in [3.05, 3.63) is 35.4 Å². The number of piperidine rings is 1. The number of nitrogens with one attached hydrogen (secondary N) is 2. The Bertz CT molecular complexity index is 441. The average Bonchev–Trinajstić information content (AvgIpc) is 2.47. The third-order valence-electron chi connectivity index (χ3n) is 4.24. The van der Waals surface area contributed by atoms with E-state index in [9.17, 15) is 4.79 Å². The number of rotatable bonds is 4. The zero-order valence-electron chi connectivity index (χ0n) is 12.8. The highest BCUT2D eigenvalue weighted by Gasteiger charge is 2.25. The quantitative estimate of drug-likeness (QED) is 0.886. The van der Waals surface area contributed by atoms with Gasteiger partial charge in [-0.25, -0.2) is 0 Å². The largest absolute Gasteiger partial charge is 0.349 e. The van der Waals surface area contributed by atoms with Crippen molar-refractivity contribution >= 4 is 5.91 Å². The molecule has 1 unspecified atom stereocenters.